The maximum atomic E-state index is 13.4. The zero-order valence-electron chi connectivity index (χ0n) is 18.8. The number of thiocarbonyl (C=S) groups is 1. The minimum atomic E-state index is -4.58. The van der Waals surface area contributed by atoms with Gasteiger partial charge >= 0.3 is 6.18 Å². The molecule has 0 saturated carbocycles. The van der Waals surface area contributed by atoms with E-state index >= 15 is 0 Å². The van der Waals surface area contributed by atoms with Gasteiger partial charge in [0, 0.05) is 17.3 Å². The molecule has 1 saturated heterocycles. The molecule has 1 aliphatic rings. The van der Waals surface area contributed by atoms with Crippen LogP contribution in [0.2, 0.25) is 5.02 Å². The number of alkyl halides is 3. The Labute approximate surface area is 216 Å². The van der Waals surface area contributed by atoms with Gasteiger partial charge in [-0.3, -0.25) is 14.5 Å². The third-order valence-electron chi connectivity index (χ3n) is 5.74. The first-order valence-corrected chi connectivity index (χ1v) is 11.8. The molecule has 1 aliphatic heterocycles. The largest absolute Gasteiger partial charge is 0.416 e. The minimum absolute atomic E-state index is 0.00212. The summed E-state index contributed by atoms with van der Waals surface area (Å²) in [5, 5.41) is 3.37. The summed E-state index contributed by atoms with van der Waals surface area (Å²) < 4.78 is 39.9. The highest BCUT2D eigenvalue weighted by molar-refractivity contribution is 7.80. The van der Waals surface area contributed by atoms with Gasteiger partial charge in [0.15, 0.2) is 5.11 Å². The van der Waals surface area contributed by atoms with Gasteiger partial charge < -0.3 is 10.2 Å². The summed E-state index contributed by atoms with van der Waals surface area (Å²) in [6.45, 7) is 0.283. The van der Waals surface area contributed by atoms with Crippen LogP contribution in [0.3, 0.4) is 0 Å². The number of hydrogen-bond acceptors (Lipinski definition) is 3. The van der Waals surface area contributed by atoms with E-state index in [0.29, 0.717) is 17.1 Å². The molecular formula is C26H21ClF3N3O2S. The number of nitrogens with one attached hydrogen (secondary N) is 1. The molecule has 3 aromatic carbocycles. The van der Waals surface area contributed by atoms with E-state index in [0.717, 1.165) is 22.6 Å². The van der Waals surface area contributed by atoms with Gasteiger partial charge in [0.05, 0.1) is 17.7 Å². The Morgan fingerprint density at radius 2 is 1.69 bits per heavy atom. The van der Waals surface area contributed by atoms with Crippen LogP contribution in [0.1, 0.15) is 17.5 Å². The Balaban J connectivity index is 1.60. The topological polar surface area (TPSA) is 52.7 Å². The number of amides is 2. The summed E-state index contributed by atoms with van der Waals surface area (Å²) in [5.41, 5.74) is 0.605. The van der Waals surface area contributed by atoms with Crippen LogP contribution in [0.25, 0.3) is 0 Å². The number of halogens is 4. The summed E-state index contributed by atoms with van der Waals surface area (Å²) in [6, 6.07) is 19.4. The molecular weight excluding hydrogens is 511 g/mol. The number of carbonyl (C=O) groups excluding carboxylic acids is 2. The van der Waals surface area contributed by atoms with Crippen LogP contribution in [0.4, 0.5) is 24.5 Å². The smallest absolute Gasteiger partial charge is 0.336 e. The van der Waals surface area contributed by atoms with Gasteiger partial charge in [-0.05, 0) is 66.7 Å². The number of anilines is 2. The second-order valence-corrected chi connectivity index (χ2v) is 9.01. The van der Waals surface area contributed by atoms with Crippen LogP contribution in [-0.4, -0.2) is 34.4 Å². The Morgan fingerprint density at radius 1 is 1.00 bits per heavy atom. The van der Waals surface area contributed by atoms with Crippen LogP contribution < -0.4 is 10.2 Å². The molecule has 5 nitrogen and oxygen atoms in total. The molecule has 0 radical (unpaired) electrons. The fourth-order valence-electron chi connectivity index (χ4n) is 3.96. The van der Waals surface area contributed by atoms with Crippen molar-refractivity contribution >= 4 is 52.1 Å². The van der Waals surface area contributed by atoms with Crippen LogP contribution >= 0.6 is 23.8 Å². The minimum Gasteiger partial charge on any atom is -0.336 e. The predicted molar refractivity (Wildman–Crippen MR) is 137 cm³/mol. The summed E-state index contributed by atoms with van der Waals surface area (Å²) in [6.07, 6.45) is -4.31. The first-order valence-electron chi connectivity index (χ1n) is 11.0. The second-order valence-electron chi connectivity index (χ2n) is 8.21. The third-order valence-corrected chi connectivity index (χ3v) is 6.41. The van der Waals surface area contributed by atoms with E-state index in [-0.39, 0.29) is 23.8 Å². The van der Waals surface area contributed by atoms with Crippen molar-refractivity contribution in [1.29, 1.82) is 0 Å². The molecule has 1 N–H and O–H groups in total. The molecule has 0 bridgehead atoms. The highest BCUT2D eigenvalue weighted by Crippen LogP contribution is 2.34. The molecule has 3 aromatic rings. The molecule has 1 heterocycles. The number of para-hydroxylation sites is 1. The van der Waals surface area contributed by atoms with E-state index in [1.807, 2.05) is 12.1 Å². The van der Waals surface area contributed by atoms with Gasteiger partial charge in [-0.1, -0.05) is 48.0 Å². The van der Waals surface area contributed by atoms with Crippen molar-refractivity contribution in [3.8, 4) is 0 Å². The Morgan fingerprint density at radius 3 is 2.36 bits per heavy atom. The highest BCUT2D eigenvalue weighted by Gasteiger charge is 2.44. The first-order chi connectivity index (χ1) is 17.1. The molecule has 0 aromatic heterocycles. The Hall–Kier alpha value is -3.43. The monoisotopic (exact) mass is 531 g/mol. The summed E-state index contributed by atoms with van der Waals surface area (Å²) >= 11 is 11.5. The van der Waals surface area contributed by atoms with Crippen molar-refractivity contribution in [3.63, 3.8) is 0 Å². The van der Waals surface area contributed by atoms with E-state index < -0.39 is 29.6 Å². The van der Waals surface area contributed by atoms with Crippen LogP contribution in [0.15, 0.2) is 78.9 Å². The van der Waals surface area contributed by atoms with Crippen molar-refractivity contribution in [1.82, 2.24) is 4.90 Å². The molecule has 4 rings (SSSR count). The summed E-state index contributed by atoms with van der Waals surface area (Å²) in [4.78, 5) is 28.9. The van der Waals surface area contributed by atoms with E-state index in [9.17, 15) is 22.8 Å². The summed E-state index contributed by atoms with van der Waals surface area (Å²) in [7, 11) is 0. The average Bonchev–Trinajstić information content (AvgIpc) is 3.07. The predicted octanol–water partition coefficient (Wildman–Crippen LogP) is 5.93. The van der Waals surface area contributed by atoms with E-state index in [1.54, 1.807) is 47.4 Å². The maximum absolute atomic E-state index is 13.4. The van der Waals surface area contributed by atoms with Gasteiger partial charge in [-0.25, -0.2) is 0 Å². The van der Waals surface area contributed by atoms with Gasteiger partial charge in [-0.15, -0.1) is 0 Å². The standard InChI is InChI=1S/C26H21ClF3N3O2S/c27-19-11-9-17(10-12-19)13-14-32-22(16-23(34)31-20-6-2-1-3-7-20)24(35)33(25(32)36)21-8-4-5-18(15-21)26(28,29)30/h1-12,15,22H,13-14,16H2,(H,31,34). The zero-order chi connectivity index (χ0) is 25.9. The third kappa shape index (κ3) is 5.85. The number of rotatable bonds is 7. The molecule has 36 heavy (non-hydrogen) atoms. The highest BCUT2D eigenvalue weighted by atomic mass is 35.5. The van der Waals surface area contributed by atoms with Crippen LogP contribution in [0.5, 0.6) is 0 Å². The number of carbonyl (C=O) groups is 2. The van der Waals surface area contributed by atoms with Crippen molar-refractivity contribution in [2.75, 3.05) is 16.8 Å². The number of nitrogens with zero attached hydrogens (tertiary/aromatic N) is 2. The molecule has 10 heteroatoms. The quantitative estimate of drug-likeness (QED) is 0.384. The summed E-state index contributed by atoms with van der Waals surface area (Å²) in [5.74, 6) is -0.969. The average molecular weight is 532 g/mol. The van der Waals surface area contributed by atoms with Gasteiger partial charge in [0.1, 0.15) is 6.04 Å². The molecule has 0 aliphatic carbocycles. The Kier molecular flexibility index (Phi) is 7.61. The second kappa shape index (κ2) is 10.7. The first kappa shape index (κ1) is 25.7. The molecule has 1 fully saturated rings. The normalized spacial score (nSPS) is 15.9. The molecule has 1 atom stereocenters. The number of hydrogen-bond donors (Lipinski definition) is 1. The fourth-order valence-corrected chi connectivity index (χ4v) is 4.50. The van der Waals surface area contributed by atoms with Crippen LogP contribution in [-0.2, 0) is 22.2 Å². The van der Waals surface area contributed by atoms with E-state index in [1.165, 1.54) is 12.1 Å². The van der Waals surface area contributed by atoms with E-state index in [2.05, 4.69) is 5.32 Å². The van der Waals surface area contributed by atoms with Crippen molar-refractivity contribution in [2.24, 2.45) is 0 Å². The lowest BCUT2D eigenvalue weighted by molar-refractivity contribution is -0.137. The van der Waals surface area contributed by atoms with Gasteiger partial charge in [0.2, 0.25) is 5.91 Å². The lowest BCUT2D eigenvalue weighted by Crippen LogP contribution is -2.39. The van der Waals surface area contributed by atoms with Crippen molar-refractivity contribution < 1.29 is 22.8 Å². The van der Waals surface area contributed by atoms with Crippen molar-refractivity contribution in [3.05, 3.63) is 95.0 Å². The van der Waals surface area contributed by atoms with Gasteiger partial charge in [-0.2, -0.15) is 13.2 Å². The maximum Gasteiger partial charge on any atom is 0.416 e. The SMILES string of the molecule is O=C(CC1C(=O)N(c2cccc(C(F)(F)F)c2)C(=S)N1CCc1ccc(Cl)cc1)Nc1ccccc1. The van der Waals surface area contributed by atoms with Crippen molar-refractivity contribution in [2.45, 2.75) is 25.1 Å². The molecule has 1 unspecified atom stereocenters. The zero-order valence-corrected chi connectivity index (χ0v) is 20.4. The molecule has 2 amide bonds. The number of benzene rings is 3. The molecule has 0 spiro atoms. The Bertz CT molecular complexity index is 1270. The molecule has 186 valence electrons. The fraction of sp³-hybridized carbons (Fsp3) is 0.192. The van der Waals surface area contributed by atoms with Crippen LogP contribution in [0, 0.1) is 0 Å². The lowest BCUT2D eigenvalue weighted by atomic mass is 10.1. The lowest BCUT2D eigenvalue weighted by Gasteiger charge is -2.24. The van der Waals surface area contributed by atoms with E-state index in [4.69, 9.17) is 23.8 Å². The van der Waals surface area contributed by atoms with Gasteiger partial charge in [0.25, 0.3) is 5.91 Å².